The van der Waals surface area contributed by atoms with Crippen molar-refractivity contribution < 1.29 is 0 Å². The van der Waals surface area contributed by atoms with Crippen molar-refractivity contribution in [1.82, 2.24) is 14.6 Å². The predicted molar refractivity (Wildman–Crippen MR) is 84.0 cm³/mol. The van der Waals surface area contributed by atoms with Gasteiger partial charge in [-0.05, 0) is 42.5 Å². The van der Waals surface area contributed by atoms with E-state index in [4.69, 9.17) is 5.73 Å². The van der Waals surface area contributed by atoms with Crippen LogP contribution in [0.1, 0.15) is 12.8 Å². The van der Waals surface area contributed by atoms with Crippen molar-refractivity contribution >= 4 is 17.2 Å². The summed E-state index contributed by atoms with van der Waals surface area (Å²) >= 11 is 0. The van der Waals surface area contributed by atoms with Gasteiger partial charge in [-0.2, -0.15) is 9.61 Å². The molecule has 2 heterocycles. The van der Waals surface area contributed by atoms with E-state index in [0.717, 1.165) is 40.7 Å². The molecule has 5 heteroatoms. The van der Waals surface area contributed by atoms with Crippen LogP contribution in [0, 0.1) is 5.92 Å². The fourth-order valence-electron chi connectivity index (χ4n) is 2.51. The summed E-state index contributed by atoms with van der Waals surface area (Å²) in [6.07, 6.45) is 6.32. The summed E-state index contributed by atoms with van der Waals surface area (Å²) in [7, 11) is 0. The van der Waals surface area contributed by atoms with Crippen LogP contribution in [-0.4, -0.2) is 21.1 Å². The first-order chi connectivity index (χ1) is 10.3. The van der Waals surface area contributed by atoms with Crippen molar-refractivity contribution in [2.45, 2.75) is 12.8 Å². The zero-order valence-corrected chi connectivity index (χ0v) is 11.7. The van der Waals surface area contributed by atoms with Crippen LogP contribution in [0.2, 0.25) is 0 Å². The number of nitrogen functional groups attached to an aromatic ring is 1. The third-order valence-corrected chi connectivity index (χ3v) is 3.87. The van der Waals surface area contributed by atoms with E-state index in [-0.39, 0.29) is 0 Å². The summed E-state index contributed by atoms with van der Waals surface area (Å²) in [6, 6.07) is 9.77. The van der Waals surface area contributed by atoms with Gasteiger partial charge in [0.15, 0.2) is 5.65 Å². The summed E-state index contributed by atoms with van der Waals surface area (Å²) in [4.78, 5) is 4.47. The average Bonchev–Trinajstić information content (AvgIpc) is 3.22. The van der Waals surface area contributed by atoms with Crippen LogP contribution in [0.4, 0.5) is 11.5 Å². The zero-order valence-electron chi connectivity index (χ0n) is 11.7. The maximum absolute atomic E-state index is 5.87. The second-order valence-corrected chi connectivity index (χ2v) is 5.57. The van der Waals surface area contributed by atoms with E-state index in [1.807, 2.05) is 47.2 Å². The minimum Gasteiger partial charge on any atom is -0.399 e. The molecule has 0 aliphatic heterocycles. The molecular formula is C16H17N5. The van der Waals surface area contributed by atoms with E-state index in [1.165, 1.54) is 12.8 Å². The molecular weight excluding hydrogens is 262 g/mol. The third kappa shape index (κ3) is 2.31. The van der Waals surface area contributed by atoms with E-state index in [1.54, 1.807) is 0 Å². The highest BCUT2D eigenvalue weighted by molar-refractivity contribution is 5.79. The Balaban J connectivity index is 1.75. The van der Waals surface area contributed by atoms with Crippen molar-refractivity contribution in [3.8, 4) is 11.1 Å². The number of hydrogen-bond donors (Lipinski definition) is 2. The normalized spacial score (nSPS) is 14.5. The second-order valence-electron chi connectivity index (χ2n) is 5.57. The van der Waals surface area contributed by atoms with Crippen LogP contribution in [0.25, 0.3) is 16.8 Å². The van der Waals surface area contributed by atoms with Gasteiger partial charge < -0.3 is 11.1 Å². The molecule has 0 radical (unpaired) electrons. The lowest BCUT2D eigenvalue weighted by atomic mass is 10.1. The summed E-state index contributed by atoms with van der Waals surface area (Å²) in [5, 5.41) is 7.94. The molecule has 0 atom stereocenters. The van der Waals surface area contributed by atoms with Gasteiger partial charge in [0.25, 0.3) is 0 Å². The Morgan fingerprint density at radius 3 is 3.00 bits per heavy atom. The van der Waals surface area contributed by atoms with Crippen molar-refractivity contribution in [1.29, 1.82) is 0 Å². The number of nitrogens with two attached hydrogens (primary N) is 1. The van der Waals surface area contributed by atoms with Crippen LogP contribution in [-0.2, 0) is 0 Å². The first-order valence-corrected chi connectivity index (χ1v) is 7.24. The molecule has 0 saturated heterocycles. The molecule has 1 aliphatic rings. The van der Waals surface area contributed by atoms with Crippen molar-refractivity contribution in [2.75, 3.05) is 17.6 Å². The Labute approximate surface area is 122 Å². The van der Waals surface area contributed by atoms with E-state index >= 15 is 0 Å². The lowest BCUT2D eigenvalue weighted by molar-refractivity contribution is 0.856. The molecule has 0 spiro atoms. The fraction of sp³-hybridized carbons (Fsp3) is 0.250. The number of nitrogens with one attached hydrogen (secondary N) is 1. The third-order valence-electron chi connectivity index (χ3n) is 3.87. The van der Waals surface area contributed by atoms with E-state index in [0.29, 0.717) is 0 Å². The summed E-state index contributed by atoms with van der Waals surface area (Å²) < 4.78 is 1.86. The number of anilines is 2. The Kier molecular flexibility index (Phi) is 2.77. The first kappa shape index (κ1) is 12.2. The number of nitrogens with zero attached hydrogens (tertiary/aromatic N) is 3. The van der Waals surface area contributed by atoms with Gasteiger partial charge in [0, 0.05) is 24.0 Å². The summed E-state index contributed by atoms with van der Waals surface area (Å²) in [5.41, 5.74) is 9.50. The number of benzene rings is 1. The molecule has 0 unspecified atom stereocenters. The second kappa shape index (κ2) is 4.77. The van der Waals surface area contributed by atoms with Crippen molar-refractivity contribution in [3.63, 3.8) is 0 Å². The predicted octanol–water partition coefficient (Wildman–Crippen LogP) is 2.80. The van der Waals surface area contributed by atoms with Crippen LogP contribution >= 0.6 is 0 Å². The highest BCUT2D eigenvalue weighted by atomic mass is 15.3. The minimum atomic E-state index is 0.745. The largest absolute Gasteiger partial charge is 0.399 e. The average molecular weight is 279 g/mol. The molecule has 21 heavy (non-hydrogen) atoms. The Bertz CT molecular complexity index is 788. The quantitative estimate of drug-likeness (QED) is 0.721. The number of aromatic nitrogens is 3. The molecule has 2 aromatic heterocycles. The summed E-state index contributed by atoms with van der Waals surface area (Å²) in [5.74, 6) is 1.80. The number of rotatable bonds is 4. The van der Waals surface area contributed by atoms with Crippen molar-refractivity contribution in [2.24, 2.45) is 5.92 Å². The van der Waals surface area contributed by atoms with Crippen LogP contribution < -0.4 is 11.1 Å². The zero-order chi connectivity index (χ0) is 14.2. The van der Waals surface area contributed by atoms with Gasteiger partial charge >= 0.3 is 0 Å². The SMILES string of the molecule is Nc1cccc(-c2cnn3c(NCC4CC4)ccnc23)c1. The Morgan fingerprint density at radius 1 is 1.29 bits per heavy atom. The Hall–Kier alpha value is -2.56. The number of fused-ring (bicyclic) bond motifs is 1. The van der Waals surface area contributed by atoms with E-state index in [2.05, 4.69) is 15.4 Å². The lowest BCUT2D eigenvalue weighted by Crippen LogP contribution is -2.08. The van der Waals surface area contributed by atoms with E-state index in [9.17, 15) is 0 Å². The van der Waals surface area contributed by atoms with Crippen LogP contribution in [0.5, 0.6) is 0 Å². The molecule has 3 aromatic rings. The molecule has 1 saturated carbocycles. The topological polar surface area (TPSA) is 68.2 Å². The first-order valence-electron chi connectivity index (χ1n) is 7.24. The van der Waals surface area contributed by atoms with E-state index < -0.39 is 0 Å². The Morgan fingerprint density at radius 2 is 2.19 bits per heavy atom. The summed E-state index contributed by atoms with van der Waals surface area (Å²) in [6.45, 7) is 1.01. The lowest BCUT2D eigenvalue weighted by Gasteiger charge is -2.07. The van der Waals surface area contributed by atoms with Crippen LogP contribution in [0.3, 0.4) is 0 Å². The molecule has 1 fully saturated rings. The number of hydrogen-bond acceptors (Lipinski definition) is 4. The molecule has 0 bridgehead atoms. The molecule has 3 N–H and O–H groups in total. The van der Waals surface area contributed by atoms with Gasteiger partial charge in [-0.1, -0.05) is 12.1 Å². The molecule has 106 valence electrons. The van der Waals surface area contributed by atoms with Gasteiger partial charge in [0.2, 0.25) is 0 Å². The molecule has 0 amide bonds. The molecule has 1 aromatic carbocycles. The van der Waals surface area contributed by atoms with Crippen molar-refractivity contribution in [3.05, 3.63) is 42.7 Å². The standard InChI is InChI=1S/C16H17N5/c17-13-3-1-2-12(8-13)14-10-20-21-15(6-7-18-16(14)21)19-9-11-4-5-11/h1-3,6-8,10-11,19H,4-5,9,17H2. The maximum Gasteiger partial charge on any atom is 0.165 e. The fourth-order valence-corrected chi connectivity index (χ4v) is 2.51. The molecule has 4 rings (SSSR count). The van der Waals surface area contributed by atoms with Gasteiger partial charge in [-0.25, -0.2) is 4.98 Å². The molecule has 1 aliphatic carbocycles. The van der Waals surface area contributed by atoms with Gasteiger partial charge in [-0.15, -0.1) is 0 Å². The van der Waals surface area contributed by atoms with Gasteiger partial charge in [0.1, 0.15) is 5.82 Å². The maximum atomic E-state index is 5.87. The molecule has 5 nitrogen and oxygen atoms in total. The monoisotopic (exact) mass is 279 g/mol. The van der Waals surface area contributed by atoms with Crippen LogP contribution in [0.15, 0.2) is 42.7 Å². The minimum absolute atomic E-state index is 0.745. The smallest absolute Gasteiger partial charge is 0.165 e. The highest BCUT2D eigenvalue weighted by Gasteiger charge is 2.21. The van der Waals surface area contributed by atoms with Gasteiger partial charge in [0.05, 0.1) is 6.20 Å². The van der Waals surface area contributed by atoms with Gasteiger partial charge in [-0.3, -0.25) is 0 Å². The highest BCUT2D eigenvalue weighted by Crippen LogP contribution is 2.30.